The van der Waals surface area contributed by atoms with Gasteiger partial charge in [0.1, 0.15) is 19.0 Å². The number of hydrogen-bond acceptors (Lipinski definition) is 5. The van der Waals surface area contributed by atoms with E-state index < -0.39 is 0 Å². The van der Waals surface area contributed by atoms with Crippen LogP contribution in [0.15, 0.2) is 60.7 Å². The van der Waals surface area contributed by atoms with Gasteiger partial charge in [-0.3, -0.25) is 0 Å². The van der Waals surface area contributed by atoms with Crippen molar-refractivity contribution in [2.75, 3.05) is 39.7 Å². The van der Waals surface area contributed by atoms with Gasteiger partial charge in [-0.1, -0.05) is 30.3 Å². The first-order valence-electron chi connectivity index (χ1n) is 9.72. The largest absolute Gasteiger partial charge is 0.495 e. The molecule has 0 saturated heterocycles. The van der Waals surface area contributed by atoms with Crippen molar-refractivity contribution < 1.29 is 14.2 Å². The van der Waals surface area contributed by atoms with Crippen LogP contribution >= 0.6 is 0 Å². The van der Waals surface area contributed by atoms with Gasteiger partial charge in [0, 0.05) is 17.8 Å². The molecule has 0 unspecified atom stereocenters. The lowest BCUT2D eigenvalue weighted by Crippen LogP contribution is -2.15. The van der Waals surface area contributed by atoms with Crippen molar-refractivity contribution in [2.24, 2.45) is 0 Å². The second-order valence-corrected chi connectivity index (χ2v) is 7.31. The number of benzene rings is 3. The first kappa shape index (κ1) is 19.2. The summed E-state index contributed by atoms with van der Waals surface area (Å²) in [5, 5.41) is 3.48. The Labute approximate surface area is 171 Å². The normalized spacial score (nSPS) is 12.7. The summed E-state index contributed by atoms with van der Waals surface area (Å²) in [6, 6.07) is 20.5. The van der Waals surface area contributed by atoms with Crippen molar-refractivity contribution in [3.63, 3.8) is 0 Å². The SMILES string of the molecule is COc1cc(-c2cccc3c2OCCO3)ccc1Nc1cccc(CN(C)C)c1. The fourth-order valence-corrected chi connectivity index (χ4v) is 3.53. The summed E-state index contributed by atoms with van der Waals surface area (Å²) in [7, 11) is 5.82. The number of hydrogen-bond donors (Lipinski definition) is 1. The summed E-state index contributed by atoms with van der Waals surface area (Å²) >= 11 is 0. The third-order valence-electron chi connectivity index (χ3n) is 4.78. The van der Waals surface area contributed by atoms with E-state index in [0.29, 0.717) is 13.2 Å². The van der Waals surface area contributed by atoms with E-state index in [1.54, 1.807) is 7.11 Å². The number of rotatable bonds is 6. The van der Waals surface area contributed by atoms with Crippen LogP contribution in [0.2, 0.25) is 0 Å². The van der Waals surface area contributed by atoms with Gasteiger partial charge in [-0.05, 0) is 55.6 Å². The number of methoxy groups -OCH3 is 1. The van der Waals surface area contributed by atoms with Gasteiger partial charge in [0.2, 0.25) is 0 Å². The minimum absolute atomic E-state index is 0.560. The molecule has 0 bridgehead atoms. The number of ether oxygens (including phenoxy) is 3. The van der Waals surface area contributed by atoms with E-state index >= 15 is 0 Å². The van der Waals surface area contributed by atoms with Crippen molar-refractivity contribution >= 4 is 11.4 Å². The van der Waals surface area contributed by atoms with Gasteiger partial charge in [0.25, 0.3) is 0 Å². The van der Waals surface area contributed by atoms with E-state index in [1.807, 2.05) is 30.3 Å². The summed E-state index contributed by atoms with van der Waals surface area (Å²) in [5.74, 6) is 2.35. The minimum Gasteiger partial charge on any atom is -0.495 e. The van der Waals surface area contributed by atoms with Crippen molar-refractivity contribution in [3.8, 4) is 28.4 Å². The Kier molecular flexibility index (Phi) is 5.58. The van der Waals surface area contributed by atoms with Crippen LogP contribution < -0.4 is 19.5 Å². The quantitative estimate of drug-likeness (QED) is 0.646. The van der Waals surface area contributed by atoms with E-state index in [0.717, 1.165) is 46.3 Å². The molecule has 1 heterocycles. The highest BCUT2D eigenvalue weighted by Gasteiger charge is 2.17. The van der Waals surface area contributed by atoms with Crippen LogP contribution in [0.4, 0.5) is 11.4 Å². The molecule has 0 aliphatic carbocycles. The van der Waals surface area contributed by atoms with Gasteiger partial charge in [0.15, 0.2) is 11.5 Å². The van der Waals surface area contributed by atoms with Crippen molar-refractivity contribution in [1.82, 2.24) is 4.90 Å². The molecule has 0 spiro atoms. The maximum Gasteiger partial charge on any atom is 0.169 e. The Balaban J connectivity index is 1.63. The summed E-state index contributed by atoms with van der Waals surface area (Å²) in [6.07, 6.45) is 0. The molecule has 3 aromatic rings. The summed E-state index contributed by atoms with van der Waals surface area (Å²) < 4.78 is 17.3. The molecule has 0 saturated carbocycles. The molecule has 150 valence electrons. The maximum atomic E-state index is 5.87. The molecular weight excluding hydrogens is 364 g/mol. The number of anilines is 2. The molecule has 0 aromatic heterocycles. The molecule has 0 fully saturated rings. The first-order chi connectivity index (χ1) is 14.1. The molecule has 4 rings (SSSR count). The number of para-hydroxylation sites is 1. The lowest BCUT2D eigenvalue weighted by Gasteiger charge is -2.21. The summed E-state index contributed by atoms with van der Waals surface area (Å²) in [6.45, 7) is 2.03. The zero-order valence-electron chi connectivity index (χ0n) is 17.1. The van der Waals surface area contributed by atoms with Crippen molar-refractivity contribution in [3.05, 3.63) is 66.2 Å². The molecule has 29 heavy (non-hydrogen) atoms. The number of fused-ring (bicyclic) bond motifs is 1. The fraction of sp³-hybridized carbons (Fsp3) is 0.250. The Hall–Kier alpha value is -3.18. The highest BCUT2D eigenvalue weighted by molar-refractivity contribution is 5.79. The van der Waals surface area contributed by atoms with Crippen LogP contribution in [0, 0.1) is 0 Å². The van der Waals surface area contributed by atoms with E-state index in [-0.39, 0.29) is 0 Å². The monoisotopic (exact) mass is 390 g/mol. The summed E-state index contributed by atoms with van der Waals surface area (Å²) in [5.41, 5.74) is 5.23. The highest BCUT2D eigenvalue weighted by Crippen LogP contribution is 2.42. The molecule has 1 aliphatic rings. The molecule has 1 aliphatic heterocycles. The minimum atomic E-state index is 0.560. The van der Waals surface area contributed by atoms with E-state index in [2.05, 4.69) is 54.6 Å². The Morgan fingerprint density at radius 1 is 0.966 bits per heavy atom. The fourth-order valence-electron chi connectivity index (χ4n) is 3.53. The van der Waals surface area contributed by atoms with Gasteiger partial charge in [-0.15, -0.1) is 0 Å². The third-order valence-corrected chi connectivity index (χ3v) is 4.78. The van der Waals surface area contributed by atoms with Crippen LogP contribution in [0.25, 0.3) is 11.1 Å². The Morgan fingerprint density at radius 3 is 2.62 bits per heavy atom. The first-order valence-corrected chi connectivity index (χ1v) is 9.72. The molecule has 5 heteroatoms. The highest BCUT2D eigenvalue weighted by atomic mass is 16.6. The van der Waals surface area contributed by atoms with Gasteiger partial charge < -0.3 is 24.4 Å². The molecule has 3 aromatic carbocycles. The van der Waals surface area contributed by atoms with E-state index in [4.69, 9.17) is 14.2 Å². The molecular formula is C24H26N2O3. The Morgan fingerprint density at radius 2 is 1.79 bits per heavy atom. The molecule has 1 N–H and O–H groups in total. The summed E-state index contributed by atoms with van der Waals surface area (Å²) in [4.78, 5) is 2.15. The molecule has 5 nitrogen and oxygen atoms in total. The second-order valence-electron chi connectivity index (χ2n) is 7.31. The maximum absolute atomic E-state index is 5.87. The zero-order valence-corrected chi connectivity index (χ0v) is 17.1. The lowest BCUT2D eigenvalue weighted by atomic mass is 10.0. The van der Waals surface area contributed by atoms with Crippen LogP contribution in [0.1, 0.15) is 5.56 Å². The van der Waals surface area contributed by atoms with Gasteiger partial charge in [0.05, 0.1) is 12.8 Å². The molecule has 0 amide bonds. The van der Waals surface area contributed by atoms with E-state index in [1.165, 1.54) is 5.56 Å². The molecule has 0 atom stereocenters. The molecule has 0 radical (unpaired) electrons. The number of nitrogens with zero attached hydrogens (tertiary/aromatic N) is 1. The average Bonchev–Trinajstić information content (AvgIpc) is 2.73. The smallest absolute Gasteiger partial charge is 0.169 e. The Bertz CT molecular complexity index is 1000. The zero-order chi connectivity index (χ0) is 20.2. The van der Waals surface area contributed by atoms with Crippen LogP contribution in [0.3, 0.4) is 0 Å². The van der Waals surface area contributed by atoms with Gasteiger partial charge in [-0.25, -0.2) is 0 Å². The van der Waals surface area contributed by atoms with Gasteiger partial charge >= 0.3 is 0 Å². The number of nitrogens with one attached hydrogen (secondary N) is 1. The standard InChI is InChI=1S/C24H26N2O3/c1-26(2)16-17-6-4-7-19(14-17)25-21-11-10-18(15-23(21)27-3)20-8-5-9-22-24(20)29-13-12-28-22/h4-11,14-15,25H,12-13,16H2,1-3H3. The predicted molar refractivity (Wildman–Crippen MR) is 117 cm³/mol. The average molecular weight is 390 g/mol. The van der Waals surface area contributed by atoms with Crippen molar-refractivity contribution in [1.29, 1.82) is 0 Å². The van der Waals surface area contributed by atoms with Crippen molar-refractivity contribution in [2.45, 2.75) is 6.54 Å². The topological polar surface area (TPSA) is 43.0 Å². The van der Waals surface area contributed by atoms with E-state index in [9.17, 15) is 0 Å². The van der Waals surface area contributed by atoms with Gasteiger partial charge in [-0.2, -0.15) is 0 Å². The third kappa shape index (κ3) is 4.30. The lowest BCUT2D eigenvalue weighted by molar-refractivity contribution is 0.172. The van der Waals surface area contributed by atoms with Crippen LogP contribution in [0.5, 0.6) is 17.2 Å². The van der Waals surface area contributed by atoms with Crippen LogP contribution in [-0.2, 0) is 6.54 Å². The van der Waals surface area contributed by atoms with Crippen LogP contribution in [-0.4, -0.2) is 39.3 Å². The second kappa shape index (κ2) is 8.45. The predicted octanol–water partition coefficient (Wildman–Crippen LogP) is 4.94.